The van der Waals surface area contributed by atoms with Crippen molar-refractivity contribution < 1.29 is 9.90 Å². The standard InChI is InChI=1S/C11H15NO2/c1-3-10(12-8(2)13)9-6-4-5-7-11(9)14/h4-7,10,14H,3H2,1-2H3,(H,12,13)/t10-/m0/s1. The van der Waals surface area contributed by atoms with Crippen LogP contribution in [0, 0.1) is 0 Å². The Hall–Kier alpha value is -1.51. The molecule has 0 saturated carbocycles. The Morgan fingerprint density at radius 2 is 2.14 bits per heavy atom. The van der Waals surface area contributed by atoms with Crippen molar-refractivity contribution in [1.82, 2.24) is 5.32 Å². The van der Waals surface area contributed by atoms with Gasteiger partial charge in [-0.2, -0.15) is 0 Å². The number of carbonyl (C=O) groups is 1. The van der Waals surface area contributed by atoms with Gasteiger partial charge in [-0.05, 0) is 12.5 Å². The number of phenolic OH excluding ortho intramolecular Hbond substituents is 1. The summed E-state index contributed by atoms with van der Waals surface area (Å²) in [6, 6.07) is 6.95. The molecule has 76 valence electrons. The predicted octanol–water partition coefficient (Wildman–Crippen LogP) is 1.98. The Morgan fingerprint density at radius 1 is 1.50 bits per heavy atom. The van der Waals surface area contributed by atoms with E-state index in [1.807, 2.05) is 19.1 Å². The molecule has 1 rings (SSSR count). The van der Waals surface area contributed by atoms with E-state index in [9.17, 15) is 9.90 Å². The summed E-state index contributed by atoms with van der Waals surface area (Å²) in [5.74, 6) is 0.146. The van der Waals surface area contributed by atoms with Crippen LogP contribution >= 0.6 is 0 Å². The van der Waals surface area contributed by atoms with E-state index in [4.69, 9.17) is 0 Å². The van der Waals surface area contributed by atoms with E-state index < -0.39 is 0 Å². The number of rotatable bonds is 3. The zero-order valence-corrected chi connectivity index (χ0v) is 8.45. The summed E-state index contributed by atoms with van der Waals surface area (Å²) < 4.78 is 0. The average molecular weight is 193 g/mol. The van der Waals surface area contributed by atoms with Crippen LogP contribution in [-0.4, -0.2) is 11.0 Å². The second-order valence-electron chi connectivity index (χ2n) is 3.22. The minimum absolute atomic E-state index is 0.0832. The average Bonchev–Trinajstić information content (AvgIpc) is 2.15. The topological polar surface area (TPSA) is 49.3 Å². The zero-order chi connectivity index (χ0) is 10.6. The maximum absolute atomic E-state index is 10.9. The van der Waals surface area contributed by atoms with Gasteiger partial charge in [0.05, 0.1) is 6.04 Å². The highest BCUT2D eigenvalue weighted by Gasteiger charge is 2.13. The summed E-state index contributed by atoms with van der Waals surface area (Å²) in [6.45, 7) is 3.44. The minimum atomic E-state index is -0.103. The predicted molar refractivity (Wildman–Crippen MR) is 55.0 cm³/mol. The molecular weight excluding hydrogens is 178 g/mol. The number of amides is 1. The molecular formula is C11H15NO2. The van der Waals surface area contributed by atoms with Gasteiger partial charge in [0.25, 0.3) is 0 Å². The molecule has 0 heterocycles. The lowest BCUT2D eigenvalue weighted by atomic mass is 10.0. The highest BCUT2D eigenvalue weighted by atomic mass is 16.3. The molecule has 0 aromatic heterocycles. The van der Waals surface area contributed by atoms with E-state index in [0.717, 1.165) is 12.0 Å². The second-order valence-corrected chi connectivity index (χ2v) is 3.22. The number of benzene rings is 1. The van der Waals surface area contributed by atoms with Crippen LogP contribution in [0.5, 0.6) is 5.75 Å². The maximum Gasteiger partial charge on any atom is 0.217 e. The first kappa shape index (κ1) is 10.6. The molecule has 1 amide bonds. The third-order valence-corrected chi connectivity index (χ3v) is 2.10. The van der Waals surface area contributed by atoms with Gasteiger partial charge in [-0.25, -0.2) is 0 Å². The molecule has 0 fully saturated rings. The first-order valence-corrected chi connectivity index (χ1v) is 4.70. The molecule has 0 aliphatic heterocycles. The van der Waals surface area contributed by atoms with Crippen molar-refractivity contribution in [3.8, 4) is 5.75 Å². The number of para-hydroxylation sites is 1. The maximum atomic E-state index is 10.9. The van der Waals surface area contributed by atoms with Crippen molar-refractivity contribution in [2.24, 2.45) is 0 Å². The summed E-state index contributed by atoms with van der Waals surface area (Å²) in [4.78, 5) is 10.9. The van der Waals surface area contributed by atoms with Gasteiger partial charge >= 0.3 is 0 Å². The van der Waals surface area contributed by atoms with Gasteiger partial charge in [0.2, 0.25) is 5.91 Å². The zero-order valence-electron chi connectivity index (χ0n) is 8.45. The lowest BCUT2D eigenvalue weighted by molar-refractivity contribution is -0.119. The van der Waals surface area contributed by atoms with Crippen molar-refractivity contribution in [3.63, 3.8) is 0 Å². The van der Waals surface area contributed by atoms with Crippen LogP contribution in [0.4, 0.5) is 0 Å². The molecule has 1 aromatic rings. The molecule has 0 spiro atoms. The van der Waals surface area contributed by atoms with Crippen molar-refractivity contribution in [2.45, 2.75) is 26.3 Å². The van der Waals surface area contributed by atoms with Gasteiger partial charge in [-0.3, -0.25) is 4.79 Å². The van der Waals surface area contributed by atoms with Crippen LogP contribution < -0.4 is 5.32 Å². The quantitative estimate of drug-likeness (QED) is 0.771. The summed E-state index contributed by atoms with van der Waals surface area (Å²) in [7, 11) is 0. The molecule has 0 radical (unpaired) electrons. The van der Waals surface area contributed by atoms with E-state index in [1.165, 1.54) is 6.92 Å². The lowest BCUT2D eigenvalue weighted by Gasteiger charge is -2.17. The number of hydrogen-bond acceptors (Lipinski definition) is 2. The van der Waals surface area contributed by atoms with Gasteiger partial charge in [0.15, 0.2) is 0 Å². The fraction of sp³-hybridized carbons (Fsp3) is 0.364. The molecule has 3 nitrogen and oxygen atoms in total. The summed E-state index contributed by atoms with van der Waals surface area (Å²) in [6.07, 6.45) is 0.761. The Kier molecular flexibility index (Phi) is 3.51. The van der Waals surface area contributed by atoms with Crippen LogP contribution in [-0.2, 0) is 4.79 Å². The van der Waals surface area contributed by atoms with E-state index in [0.29, 0.717) is 0 Å². The number of hydrogen-bond donors (Lipinski definition) is 2. The van der Waals surface area contributed by atoms with Crippen molar-refractivity contribution in [3.05, 3.63) is 29.8 Å². The van der Waals surface area contributed by atoms with Gasteiger partial charge < -0.3 is 10.4 Å². The van der Waals surface area contributed by atoms with Gasteiger partial charge in [0, 0.05) is 12.5 Å². The normalized spacial score (nSPS) is 12.1. The summed E-state index contributed by atoms with van der Waals surface area (Å²) in [5.41, 5.74) is 0.769. The number of phenols is 1. The largest absolute Gasteiger partial charge is 0.508 e. The monoisotopic (exact) mass is 193 g/mol. The van der Waals surface area contributed by atoms with Crippen LogP contribution in [0.2, 0.25) is 0 Å². The first-order valence-electron chi connectivity index (χ1n) is 4.70. The molecule has 0 saturated heterocycles. The molecule has 3 heteroatoms. The van der Waals surface area contributed by atoms with Crippen molar-refractivity contribution in [1.29, 1.82) is 0 Å². The molecule has 0 aliphatic rings. The number of aromatic hydroxyl groups is 1. The molecule has 1 aromatic carbocycles. The Bertz CT molecular complexity index is 323. The van der Waals surface area contributed by atoms with E-state index in [1.54, 1.807) is 12.1 Å². The SMILES string of the molecule is CC[C@H](NC(C)=O)c1ccccc1O. The van der Waals surface area contributed by atoms with Gasteiger partial charge in [-0.1, -0.05) is 25.1 Å². The van der Waals surface area contributed by atoms with Crippen LogP contribution in [0.25, 0.3) is 0 Å². The fourth-order valence-electron chi connectivity index (χ4n) is 1.43. The Balaban J connectivity index is 2.89. The van der Waals surface area contributed by atoms with Gasteiger partial charge in [0.1, 0.15) is 5.75 Å². The highest BCUT2D eigenvalue weighted by molar-refractivity contribution is 5.73. The Labute approximate surface area is 83.8 Å². The van der Waals surface area contributed by atoms with Crippen LogP contribution in [0.15, 0.2) is 24.3 Å². The molecule has 0 aliphatic carbocycles. The number of nitrogens with one attached hydrogen (secondary N) is 1. The number of carbonyl (C=O) groups excluding carboxylic acids is 1. The second kappa shape index (κ2) is 4.65. The molecule has 0 bridgehead atoms. The third-order valence-electron chi connectivity index (χ3n) is 2.10. The summed E-state index contributed by atoms with van der Waals surface area (Å²) in [5, 5.41) is 12.4. The smallest absolute Gasteiger partial charge is 0.217 e. The van der Waals surface area contributed by atoms with Gasteiger partial charge in [-0.15, -0.1) is 0 Å². The summed E-state index contributed by atoms with van der Waals surface area (Å²) >= 11 is 0. The van der Waals surface area contributed by atoms with Crippen molar-refractivity contribution in [2.75, 3.05) is 0 Å². The fourth-order valence-corrected chi connectivity index (χ4v) is 1.43. The molecule has 14 heavy (non-hydrogen) atoms. The van der Waals surface area contributed by atoms with E-state index in [2.05, 4.69) is 5.32 Å². The highest BCUT2D eigenvalue weighted by Crippen LogP contribution is 2.25. The molecule has 2 N–H and O–H groups in total. The Morgan fingerprint density at radius 3 is 2.64 bits per heavy atom. The molecule has 1 atom stereocenters. The minimum Gasteiger partial charge on any atom is -0.508 e. The van der Waals surface area contributed by atoms with E-state index >= 15 is 0 Å². The lowest BCUT2D eigenvalue weighted by Crippen LogP contribution is -2.25. The van der Waals surface area contributed by atoms with E-state index in [-0.39, 0.29) is 17.7 Å². The van der Waals surface area contributed by atoms with Crippen LogP contribution in [0.3, 0.4) is 0 Å². The van der Waals surface area contributed by atoms with Crippen molar-refractivity contribution >= 4 is 5.91 Å². The van der Waals surface area contributed by atoms with Crippen LogP contribution in [0.1, 0.15) is 31.9 Å². The first-order chi connectivity index (χ1) is 6.65. The molecule has 0 unspecified atom stereocenters. The third kappa shape index (κ3) is 2.49.